The number of hydrogen-bond donors (Lipinski definition) is 0. The largest absolute Gasteiger partial charge is 0.416 e. The molecule has 0 aromatic heterocycles. The van der Waals surface area contributed by atoms with E-state index in [4.69, 9.17) is 0 Å². The van der Waals surface area contributed by atoms with Gasteiger partial charge in [0, 0.05) is 17.4 Å². The van der Waals surface area contributed by atoms with E-state index in [0.717, 1.165) is 23.1 Å². The van der Waals surface area contributed by atoms with Crippen LogP contribution in [-0.4, -0.2) is 26.1 Å². The Morgan fingerprint density at radius 3 is 2.38 bits per heavy atom. The second kappa shape index (κ2) is 5.24. The lowest BCUT2D eigenvalue weighted by Crippen LogP contribution is -2.27. The lowest BCUT2D eigenvalue weighted by Gasteiger charge is -2.19. The molecule has 0 saturated carbocycles. The minimum Gasteiger partial charge on any atom is -0.310 e. The third-order valence-corrected chi connectivity index (χ3v) is 4.83. The molecule has 1 aromatic carbocycles. The van der Waals surface area contributed by atoms with E-state index in [1.807, 2.05) is 0 Å². The molecule has 2 rings (SSSR count). The Labute approximate surface area is 126 Å². The van der Waals surface area contributed by atoms with Gasteiger partial charge in [0.2, 0.25) is 5.91 Å². The SMILES string of the molecule is O=C1CC(S(=O)(=O)F)CN1c1cc(C(F)(F)F)ccc1Br. The summed E-state index contributed by atoms with van der Waals surface area (Å²) in [5.41, 5.74) is -1.12. The number of alkyl halides is 3. The highest BCUT2D eigenvalue weighted by Crippen LogP contribution is 2.37. The van der Waals surface area contributed by atoms with E-state index < -0.39 is 46.1 Å². The van der Waals surface area contributed by atoms with Gasteiger partial charge < -0.3 is 4.90 Å². The Morgan fingerprint density at radius 1 is 1.29 bits per heavy atom. The van der Waals surface area contributed by atoms with Crippen molar-refractivity contribution in [1.82, 2.24) is 0 Å². The van der Waals surface area contributed by atoms with Crippen LogP contribution in [0.15, 0.2) is 22.7 Å². The number of carbonyl (C=O) groups is 1. The maximum absolute atomic E-state index is 12.9. The monoisotopic (exact) mass is 389 g/mol. The van der Waals surface area contributed by atoms with E-state index >= 15 is 0 Å². The number of nitrogens with zero attached hydrogens (tertiary/aromatic N) is 1. The molecule has 0 aliphatic carbocycles. The normalized spacial score (nSPS) is 20.1. The van der Waals surface area contributed by atoms with Crippen LogP contribution in [0.3, 0.4) is 0 Å². The van der Waals surface area contributed by atoms with Crippen LogP contribution in [0.4, 0.5) is 22.7 Å². The Kier molecular flexibility index (Phi) is 4.04. The fourth-order valence-electron chi connectivity index (χ4n) is 1.99. The van der Waals surface area contributed by atoms with Crippen molar-refractivity contribution in [2.45, 2.75) is 17.8 Å². The van der Waals surface area contributed by atoms with Crippen LogP contribution >= 0.6 is 15.9 Å². The van der Waals surface area contributed by atoms with Gasteiger partial charge in [-0.05, 0) is 34.1 Å². The number of halogens is 5. The minimum atomic E-state index is -4.93. The van der Waals surface area contributed by atoms with Gasteiger partial charge in [0.1, 0.15) is 5.25 Å². The van der Waals surface area contributed by atoms with Crippen LogP contribution in [0.2, 0.25) is 0 Å². The molecule has 10 heteroatoms. The summed E-state index contributed by atoms with van der Waals surface area (Å²) >= 11 is 3.00. The van der Waals surface area contributed by atoms with Gasteiger partial charge in [0.05, 0.1) is 11.3 Å². The highest BCUT2D eigenvalue weighted by molar-refractivity contribution is 9.10. The predicted molar refractivity (Wildman–Crippen MR) is 69.9 cm³/mol. The Hall–Kier alpha value is -1.16. The molecule has 1 amide bonds. The van der Waals surface area contributed by atoms with Gasteiger partial charge in [-0.25, -0.2) is 0 Å². The quantitative estimate of drug-likeness (QED) is 0.577. The molecule has 116 valence electrons. The van der Waals surface area contributed by atoms with Gasteiger partial charge in [-0.2, -0.15) is 21.6 Å². The standard InChI is InChI=1S/C11H8BrF4NO3S/c12-8-2-1-6(11(13,14)15)3-9(8)17-5-7(4-10(17)18)21(16,19)20/h1-3,7H,4-5H2. The van der Waals surface area contributed by atoms with Crippen LogP contribution < -0.4 is 4.90 Å². The molecule has 1 fully saturated rings. The molecule has 1 aromatic rings. The average molecular weight is 390 g/mol. The summed E-state index contributed by atoms with van der Waals surface area (Å²) in [5, 5.41) is -1.56. The molecule has 4 nitrogen and oxygen atoms in total. The van der Waals surface area contributed by atoms with Gasteiger partial charge in [-0.1, -0.05) is 0 Å². The molecule has 21 heavy (non-hydrogen) atoms. The summed E-state index contributed by atoms with van der Waals surface area (Å²) in [7, 11) is -4.93. The number of carbonyl (C=O) groups excluding carboxylic acids is 1. The zero-order valence-corrected chi connectivity index (χ0v) is 12.6. The predicted octanol–water partition coefficient (Wildman–Crippen LogP) is 2.87. The van der Waals surface area contributed by atoms with Crippen molar-refractivity contribution in [3.05, 3.63) is 28.2 Å². The number of benzene rings is 1. The average Bonchev–Trinajstić information content (AvgIpc) is 2.70. The molecule has 1 aliphatic heterocycles. The third-order valence-electron chi connectivity index (χ3n) is 3.05. The molecule has 0 spiro atoms. The smallest absolute Gasteiger partial charge is 0.310 e. The van der Waals surface area contributed by atoms with Gasteiger partial charge in [-0.15, -0.1) is 3.89 Å². The van der Waals surface area contributed by atoms with Gasteiger partial charge in [0.15, 0.2) is 0 Å². The molecular formula is C11H8BrF4NO3S. The van der Waals surface area contributed by atoms with E-state index in [-0.39, 0.29) is 10.2 Å². The number of hydrogen-bond acceptors (Lipinski definition) is 3. The van der Waals surface area contributed by atoms with Gasteiger partial charge in [-0.3, -0.25) is 4.79 Å². The van der Waals surface area contributed by atoms with Gasteiger partial charge >= 0.3 is 16.4 Å². The van der Waals surface area contributed by atoms with E-state index in [1.54, 1.807) is 0 Å². The molecule has 1 aliphatic rings. The molecule has 1 atom stereocenters. The number of rotatable bonds is 2. The molecule has 1 saturated heterocycles. The summed E-state index contributed by atoms with van der Waals surface area (Å²) in [6.07, 6.45) is -5.20. The lowest BCUT2D eigenvalue weighted by atomic mass is 10.2. The third kappa shape index (κ3) is 3.37. The Balaban J connectivity index is 2.41. The molecule has 0 N–H and O–H groups in total. The van der Waals surface area contributed by atoms with Crippen LogP contribution in [0.25, 0.3) is 0 Å². The maximum Gasteiger partial charge on any atom is 0.416 e. The van der Waals surface area contributed by atoms with E-state index in [2.05, 4.69) is 15.9 Å². The minimum absolute atomic E-state index is 0.138. The van der Waals surface area contributed by atoms with Crippen molar-refractivity contribution in [1.29, 1.82) is 0 Å². The van der Waals surface area contributed by atoms with E-state index in [9.17, 15) is 30.3 Å². The highest BCUT2D eigenvalue weighted by Gasteiger charge is 2.40. The number of amides is 1. The van der Waals surface area contributed by atoms with Crippen LogP contribution in [0, 0.1) is 0 Å². The zero-order chi connectivity index (χ0) is 16.0. The first kappa shape index (κ1) is 16.2. The fraction of sp³-hybridized carbons (Fsp3) is 0.364. The van der Waals surface area contributed by atoms with Crippen LogP contribution in [0.5, 0.6) is 0 Å². The summed E-state index contributed by atoms with van der Waals surface area (Å²) in [5.74, 6) is -0.749. The first-order valence-electron chi connectivity index (χ1n) is 5.60. The highest BCUT2D eigenvalue weighted by atomic mass is 79.9. The van der Waals surface area contributed by atoms with Crippen molar-refractivity contribution in [2.75, 3.05) is 11.4 Å². The fourth-order valence-corrected chi connectivity index (χ4v) is 3.12. The van der Waals surface area contributed by atoms with Crippen molar-refractivity contribution >= 4 is 37.7 Å². The summed E-state index contributed by atoms with van der Waals surface area (Å²) in [6.45, 7) is -0.516. The summed E-state index contributed by atoms with van der Waals surface area (Å²) in [6, 6.07) is 2.63. The first-order valence-corrected chi connectivity index (χ1v) is 7.84. The first-order chi connectivity index (χ1) is 9.50. The summed E-state index contributed by atoms with van der Waals surface area (Å²) in [4.78, 5) is 12.6. The van der Waals surface area contributed by atoms with Crippen LogP contribution in [-0.2, 0) is 21.2 Å². The van der Waals surface area contributed by atoms with Crippen molar-refractivity contribution < 1.29 is 30.3 Å². The maximum atomic E-state index is 12.9. The van der Waals surface area contributed by atoms with Crippen molar-refractivity contribution in [3.63, 3.8) is 0 Å². The van der Waals surface area contributed by atoms with Crippen LogP contribution in [0.1, 0.15) is 12.0 Å². The molecule has 1 heterocycles. The summed E-state index contributed by atoms with van der Waals surface area (Å²) < 4.78 is 72.8. The molecule has 0 bridgehead atoms. The number of anilines is 1. The van der Waals surface area contributed by atoms with Gasteiger partial charge in [0.25, 0.3) is 0 Å². The zero-order valence-electron chi connectivity index (χ0n) is 10.2. The topological polar surface area (TPSA) is 54.5 Å². The van der Waals surface area contributed by atoms with Crippen molar-refractivity contribution in [2.24, 2.45) is 0 Å². The van der Waals surface area contributed by atoms with E-state index in [0.29, 0.717) is 0 Å². The Morgan fingerprint density at radius 2 is 1.90 bits per heavy atom. The second-order valence-corrected chi connectivity index (χ2v) is 6.94. The Bertz CT molecular complexity index is 689. The molecular weight excluding hydrogens is 382 g/mol. The molecule has 1 unspecified atom stereocenters. The second-order valence-electron chi connectivity index (χ2n) is 4.47. The van der Waals surface area contributed by atoms with E-state index in [1.165, 1.54) is 0 Å². The molecule has 0 radical (unpaired) electrons. The lowest BCUT2D eigenvalue weighted by molar-refractivity contribution is -0.137. The van der Waals surface area contributed by atoms with Crippen molar-refractivity contribution in [3.8, 4) is 0 Å².